The van der Waals surface area contributed by atoms with E-state index >= 15 is 0 Å². The molecule has 10 heteroatoms. The topological polar surface area (TPSA) is 101 Å². The number of rotatable bonds is 5. The quantitative estimate of drug-likeness (QED) is 0.312. The number of nitro benzene ring substituents is 1. The molecule has 0 saturated carbocycles. The number of furan rings is 1. The van der Waals surface area contributed by atoms with Crippen LogP contribution in [0, 0.1) is 21.7 Å². The number of hydrogen-bond donors (Lipinski definition) is 0. The number of benzene rings is 2. The highest BCUT2D eigenvalue weighted by Crippen LogP contribution is 2.32. The van der Waals surface area contributed by atoms with Crippen LogP contribution in [0.5, 0.6) is 0 Å². The van der Waals surface area contributed by atoms with E-state index in [9.17, 15) is 23.7 Å². The number of carbonyl (C=O) groups excluding carboxylic acids is 1. The van der Waals surface area contributed by atoms with Crippen molar-refractivity contribution in [1.82, 2.24) is 4.90 Å². The predicted molar refractivity (Wildman–Crippen MR) is 120 cm³/mol. The SMILES string of the molecule is O=C1/C(=C/c2ccco2)N=C2C(Cc3ccccc3F)=NC(c3cccc([N+](=O)[O-])c3F)=CN12. The smallest absolute Gasteiger partial charge is 0.305 e. The molecule has 2 aliphatic heterocycles. The van der Waals surface area contributed by atoms with E-state index in [-0.39, 0.29) is 34.9 Å². The van der Waals surface area contributed by atoms with Gasteiger partial charge in [-0.2, -0.15) is 4.39 Å². The van der Waals surface area contributed by atoms with Crippen molar-refractivity contribution in [3.05, 3.63) is 111 Å². The molecule has 3 aromatic rings. The van der Waals surface area contributed by atoms with E-state index in [1.807, 2.05) is 0 Å². The standard InChI is InChI=1S/C24H14F2N4O4/c25-17-8-2-1-5-14(17)11-18-23-28-19(12-15-6-4-10-34-15)24(31)29(23)13-20(27-18)16-7-3-9-21(22(16)26)30(32)33/h1-10,12-13H,11H2/b19-12-. The van der Waals surface area contributed by atoms with E-state index in [0.29, 0.717) is 11.3 Å². The summed E-state index contributed by atoms with van der Waals surface area (Å²) >= 11 is 0. The maximum Gasteiger partial charge on any atom is 0.305 e. The van der Waals surface area contributed by atoms with Crippen LogP contribution in [0.2, 0.25) is 0 Å². The molecule has 0 unspecified atom stereocenters. The first-order chi connectivity index (χ1) is 16.4. The molecule has 1 aromatic heterocycles. The molecule has 5 rings (SSSR count). The molecule has 0 radical (unpaired) electrons. The molecule has 2 aromatic carbocycles. The maximum atomic E-state index is 14.9. The molecule has 0 spiro atoms. The zero-order chi connectivity index (χ0) is 23.8. The van der Waals surface area contributed by atoms with Gasteiger partial charge in [-0.15, -0.1) is 0 Å². The zero-order valence-electron chi connectivity index (χ0n) is 17.3. The summed E-state index contributed by atoms with van der Waals surface area (Å²) in [7, 11) is 0. The molecule has 0 N–H and O–H groups in total. The highest BCUT2D eigenvalue weighted by Gasteiger charge is 2.36. The highest BCUT2D eigenvalue weighted by molar-refractivity contribution is 6.48. The lowest BCUT2D eigenvalue weighted by atomic mass is 10.0. The number of hydrogen-bond acceptors (Lipinski definition) is 6. The Labute approximate surface area is 191 Å². The fraction of sp³-hybridized carbons (Fsp3) is 0.0417. The number of nitro groups is 1. The van der Waals surface area contributed by atoms with Gasteiger partial charge in [0.2, 0.25) is 5.82 Å². The average molecular weight is 460 g/mol. The van der Waals surface area contributed by atoms with Gasteiger partial charge >= 0.3 is 5.69 Å². The average Bonchev–Trinajstić information content (AvgIpc) is 3.44. The van der Waals surface area contributed by atoms with Crippen molar-refractivity contribution in [3.8, 4) is 0 Å². The van der Waals surface area contributed by atoms with E-state index in [1.165, 1.54) is 41.6 Å². The summed E-state index contributed by atoms with van der Waals surface area (Å²) in [5.41, 5.74) is -0.391. The molecule has 34 heavy (non-hydrogen) atoms. The second kappa shape index (κ2) is 8.32. The largest absolute Gasteiger partial charge is 0.465 e. The lowest BCUT2D eigenvalue weighted by molar-refractivity contribution is -0.387. The van der Waals surface area contributed by atoms with Gasteiger partial charge in [-0.1, -0.05) is 24.3 Å². The van der Waals surface area contributed by atoms with Crippen molar-refractivity contribution < 1.29 is 22.9 Å². The van der Waals surface area contributed by atoms with E-state index in [0.717, 1.165) is 6.07 Å². The van der Waals surface area contributed by atoms with Gasteiger partial charge < -0.3 is 4.42 Å². The minimum absolute atomic E-state index is 0.0286. The highest BCUT2D eigenvalue weighted by atomic mass is 19.1. The number of nitrogens with zero attached hydrogens (tertiary/aromatic N) is 4. The van der Waals surface area contributed by atoms with Gasteiger partial charge in [-0.05, 0) is 29.8 Å². The molecule has 0 fully saturated rings. The Kier molecular flexibility index (Phi) is 5.17. The first-order valence-electron chi connectivity index (χ1n) is 10.1. The van der Waals surface area contributed by atoms with Crippen molar-refractivity contribution in [3.63, 3.8) is 0 Å². The van der Waals surface area contributed by atoms with Crippen molar-refractivity contribution >= 4 is 34.9 Å². The molecule has 8 nitrogen and oxygen atoms in total. The number of amidine groups is 1. The summed E-state index contributed by atoms with van der Waals surface area (Å²) in [6.07, 6.45) is 4.10. The summed E-state index contributed by atoms with van der Waals surface area (Å²) in [4.78, 5) is 33.4. The number of halogens is 2. The molecule has 2 aliphatic rings. The fourth-order valence-corrected chi connectivity index (χ4v) is 3.64. The Hall–Kier alpha value is -4.73. The maximum absolute atomic E-state index is 14.9. The Bertz CT molecular complexity index is 1460. The summed E-state index contributed by atoms with van der Waals surface area (Å²) < 4.78 is 34.5. The van der Waals surface area contributed by atoms with Crippen LogP contribution in [0.4, 0.5) is 14.5 Å². The van der Waals surface area contributed by atoms with Crippen molar-refractivity contribution in [1.29, 1.82) is 0 Å². The molecule has 1 amide bonds. The third-order valence-electron chi connectivity index (χ3n) is 5.25. The Morgan fingerprint density at radius 3 is 2.62 bits per heavy atom. The minimum atomic E-state index is -1.09. The Morgan fingerprint density at radius 1 is 1.06 bits per heavy atom. The lowest BCUT2D eigenvalue weighted by Gasteiger charge is -2.22. The van der Waals surface area contributed by atoms with Crippen molar-refractivity contribution in [2.75, 3.05) is 0 Å². The number of amides is 1. The van der Waals surface area contributed by atoms with Crippen LogP contribution in [0.1, 0.15) is 16.9 Å². The van der Waals surface area contributed by atoms with Gasteiger partial charge in [0.05, 0.1) is 22.6 Å². The van der Waals surface area contributed by atoms with Crippen LogP contribution < -0.4 is 0 Å². The van der Waals surface area contributed by atoms with E-state index in [1.54, 1.807) is 30.3 Å². The predicted octanol–water partition coefficient (Wildman–Crippen LogP) is 4.74. The summed E-state index contributed by atoms with van der Waals surface area (Å²) in [5, 5.41) is 11.2. The van der Waals surface area contributed by atoms with Gasteiger partial charge in [0.15, 0.2) is 5.84 Å². The molecule has 0 saturated heterocycles. The minimum Gasteiger partial charge on any atom is -0.465 e. The van der Waals surface area contributed by atoms with Crippen LogP contribution in [-0.2, 0) is 11.2 Å². The third-order valence-corrected chi connectivity index (χ3v) is 5.25. The van der Waals surface area contributed by atoms with E-state index < -0.39 is 28.2 Å². The second-order valence-electron chi connectivity index (χ2n) is 7.39. The van der Waals surface area contributed by atoms with Gasteiger partial charge in [0.1, 0.15) is 17.3 Å². The molecule has 0 atom stereocenters. The van der Waals surface area contributed by atoms with Crippen molar-refractivity contribution in [2.24, 2.45) is 9.98 Å². The van der Waals surface area contributed by atoms with Gasteiger partial charge in [-0.3, -0.25) is 19.8 Å². The second-order valence-corrected chi connectivity index (χ2v) is 7.39. The molecule has 3 heterocycles. The molecular weight excluding hydrogens is 446 g/mol. The summed E-state index contributed by atoms with van der Waals surface area (Å²) in [6.45, 7) is 0. The summed E-state index contributed by atoms with van der Waals surface area (Å²) in [6, 6.07) is 13.0. The van der Waals surface area contributed by atoms with Crippen molar-refractivity contribution in [2.45, 2.75) is 6.42 Å². The summed E-state index contributed by atoms with van der Waals surface area (Å²) in [5.74, 6) is -1.55. The molecule has 168 valence electrons. The zero-order valence-corrected chi connectivity index (χ0v) is 17.3. The van der Waals surface area contributed by atoms with Crippen LogP contribution in [0.3, 0.4) is 0 Å². The van der Waals surface area contributed by atoms with E-state index in [2.05, 4.69) is 9.98 Å². The van der Waals surface area contributed by atoms with E-state index in [4.69, 9.17) is 4.42 Å². The van der Waals surface area contributed by atoms with Crippen LogP contribution in [-0.4, -0.2) is 27.3 Å². The monoisotopic (exact) mass is 460 g/mol. The van der Waals surface area contributed by atoms with Crippen LogP contribution >= 0.6 is 0 Å². The first kappa shape index (κ1) is 21.1. The Balaban J connectivity index is 1.64. The van der Waals surface area contributed by atoms with Gasteiger partial charge in [0.25, 0.3) is 5.91 Å². The number of carbonyl (C=O) groups is 1. The number of fused-ring (bicyclic) bond motifs is 1. The van der Waals surface area contributed by atoms with Gasteiger partial charge in [0, 0.05) is 30.3 Å². The van der Waals surface area contributed by atoms with Gasteiger partial charge in [-0.25, -0.2) is 14.4 Å². The van der Waals surface area contributed by atoms with Crippen LogP contribution in [0.15, 0.2) is 87.2 Å². The molecule has 0 bridgehead atoms. The first-order valence-corrected chi connectivity index (χ1v) is 10.1. The Morgan fingerprint density at radius 2 is 1.88 bits per heavy atom. The fourth-order valence-electron chi connectivity index (χ4n) is 3.64. The third kappa shape index (κ3) is 3.71. The molecule has 0 aliphatic carbocycles. The normalized spacial score (nSPS) is 16.3. The number of aliphatic imine (C=N–C) groups is 2. The van der Waals surface area contributed by atoms with Crippen LogP contribution in [0.25, 0.3) is 11.8 Å². The molecular formula is C24H14F2N4O4. The lowest BCUT2D eigenvalue weighted by Crippen LogP contribution is -2.36.